The first-order valence-corrected chi connectivity index (χ1v) is 4.85. The van der Waals surface area contributed by atoms with Gasteiger partial charge in [0, 0.05) is 13.7 Å². The molecule has 0 fully saturated rings. The SMILES string of the molecule is CCCCN(C)C(OC)C(C)C=O. The minimum atomic E-state index is -0.0796. The van der Waals surface area contributed by atoms with Crippen LogP contribution < -0.4 is 0 Å². The summed E-state index contributed by atoms with van der Waals surface area (Å²) in [5.41, 5.74) is 0. The molecule has 0 aromatic rings. The van der Waals surface area contributed by atoms with E-state index in [0.29, 0.717) is 0 Å². The average molecular weight is 187 g/mol. The summed E-state index contributed by atoms with van der Waals surface area (Å²) in [6, 6.07) is 0. The second kappa shape index (κ2) is 7.04. The summed E-state index contributed by atoms with van der Waals surface area (Å²) in [7, 11) is 3.64. The van der Waals surface area contributed by atoms with Crippen LogP contribution >= 0.6 is 0 Å². The molecule has 0 aliphatic carbocycles. The van der Waals surface area contributed by atoms with Crippen molar-refractivity contribution in [2.24, 2.45) is 5.92 Å². The van der Waals surface area contributed by atoms with E-state index < -0.39 is 0 Å². The maximum atomic E-state index is 10.6. The van der Waals surface area contributed by atoms with Gasteiger partial charge in [-0.1, -0.05) is 20.3 Å². The van der Waals surface area contributed by atoms with Crippen LogP contribution in [0.15, 0.2) is 0 Å². The van der Waals surface area contributed by atoms with E-state index in [1.54, 1.807) is 7.11 Å². The van der Waals surface area contributed by atoms with Crippen LogP contribution in [0.25, 0.3) is 0 Å². The summed E-state index contributed by atoms with van der Waals surface area (Å²) in [6.45, 7) is 5.01. The Balaban J connectivity index is 3.97. The lowest BCUT2D eigenvalue weighted by Crippen LogP contribution is -2.39. The van der Waals surface area contributed by atoms with Crippen molar-refractivity contribution in [3.63, 3.8) is 0 Å². The number of methoxy groups -OCH3 is 1. The summed E-state index contributed by atoms with van der Waals surface area (Å²) in [4.78, 5) is 12.7. The molecular formula is C10H21NO2. The van der Waals surface area contributed by atoms with Gasteiger partial charge in [-0.2, -0.15) is 0 Å². The number of nitrogens with zero attached hydrogens (tertiary/aromatic N) is 1. The lowest BCUT2D eigenvalue weighted by molar-refractivity contribution is -0.121. The fraction of sp³-hybridized carbons (Fsp3) is 0.900. The zero-order valence-corrected chi connectivity index (χ0v) is 9.12. The highest BCUT2D eigenvalue weighted by Crippen LogP contribution is 2.09. The molecule has 0 aliphatic rings. The van der Waals surface area contributed by atoms with Crippen molar-refractivity contribution in [3.05, 3.63) is 0 Å². The van der Waals surface area contributed by atoms with Gasteiger partial charge in [-0.05, 0) is 13.5 Å². The van der Waals surface area contributed by atoms with Gasteiger partial charge in [0.2, 0.25) is 0 Å². The first kappa shape index (κ1) is 12.6. The smallest absolute Gasteiger partial charge is 0.126 e. The molecule has 0 aromatic carbocycles. The molecule has 0 amide bonds. The second-order valence-electron chi connectivity index (χ2n) is 3.46. The average Bonchev–Trinajstić information content (AvgIpc) is 2.15. The van der Waals surface area contributed by atoms with Crippen LogP contribution in [0.1, 0.15) is 26.7 Å². The topological polar surface area (TPSA) is 29.5 Å². The minimum absolute atomic E-state index is 0.0631. The van der Waals surface area contributed by atoms with Gasteiger partial charge in [-0.3, -0.25) is 4.90 Å². The summed E-state index contributed by atoms with van der Waals surface area (Å²) in [5, 5.41) is 0. The highest BCUT2D eigenvalue weighted by atomic mass is 16.5. The first-order valence-electron chi connectivity index (χ1n) is 4.85. The van der Waals surface area contributed by atoms with Crippen LogP contribution in [0.5, 0.6) is 0 Å². The molecule has 0 heterocycles. The standard InChI is InChI=1S/C10H21NO2/c1-5-6-7-11(3)10(13-4)9(2)8-12/h8-10H,5-7H2,1-4H3. The zero-order chi connectivity index (χ0) is 10.3. The molecule has 78 valence electrons. The van der Waals surface area contributed by atoms with Crippen LogP contribution in [-0.2, 0) is 9.53 Å². The van der Waals surface area contributed by atoms with Crippen molar-refractivity contribution < 1.29 is 9.53 Å². The summed E-state index contributed by atoms with van der Waals surface area (Å²) >= 11 is 0. The molecule has 0 saturated carbocycles. The quantitative estimate of drug-likeness (QED) is 0.447. The van der Waals surface area contributed by atoms with E-state index >= 15 is 0 Å². The van der Waals surface area contributed by atoms with Gasteiger partial charge >= 0.3 is 0 Å². The van der Waals surface area contributed by atoms with Gasteiger partial charge in [0.25, 0.3) is 0 Å². The molecule has 2 atom stereocenters. The van der Waals surface area contributed by atoms with Gasteiger partial charge in [0.15, 0.2) is 0 Å². The van der Waals surface area contributed by atoms with Crippen LogP contribution in [-0.4, -0.2) is 38.1 Å². The van der Waals surface area contributed by atoms with Crippen LogP contribution in [0.3, 0.4) is 0 Å². The normalized spacial score (nSPS) is 15.8. The number of unbranched alkanes of at least 4 members (excludes halogenated alkanes) is 1. The van der Waals surface area contributed by atoms with Gasteiger partial charge in [-0.25, -0.2) is 0 Å². The van der Waals surface area contributed by atoms with E-state index in [0.717, 1.165) is 25.7 Å². The molecule has 0 saturated heterocycles. The Morgan fingerprint density at radius 3 is 2.54 bits per heavy atom. The molecule has 0 spiro atoms. The molecule has 13 heavy (non-hydrogen) atoms. The monoisotopic (exact) mass is 187 g/mol. The second-order valence-corrected chi connectivity index (χ2v) is 3.46. The van der Waals surface area contributed by atoms with E-state index in [9.17, 15) is 4.79 Å². The number of ether oxygens (including phenoxy) is 1. The van der Waals surface area contributed by atoms with Gasteiger partial charge in [0.05, 0.1) is 5.92 Å². The van der Waals surface area contributed by atoms with Crippen LogP contribution in [0.4, 0.5) is 0 Å². The maximum Gasteiger partial charge on any atom is 0.126 e. The third-order valence-electron chi connectivity index (χ3n) is 2.20. The largest absolute Gasteiger partial charge is 0.366 e. The van der Waals surface area contributed by atoms with Crippen LogP contribution in [0, 0.1) is 5.92 Å². The van der Waals surface area contributed by atoms with Crippen molar-refractivity contribution in [2.45, 2.75) is 32.9 Å². The molecule has 3 heteroatoms. The van der Waals surface area contributed by atoms with Crippen molar-refractivity contribution >= 4 is 6.29 Å². The van der Waals surface area contributed by atoms with Gasteiger partial charge in [0.1, 0.15) is 12.5 Å². The van der Waals surface area contributed by atoms with E-state index in [1.165, 1.54) is 0 Å². The Bertz CT molecular complexity index is 139. The fourth-order valence-electron chi connectivity index (χ4n) is 1.40. The fourth-order valence-corrected chi connectivity index (χ4v) is 1.40. The van der Waals surface area contributed by atoms with Crippen molar-refractivity contribution in [3.8, 4) is 0 Å². The molecule has 0 aromatic heterocycles. The van der Waals surface area contributed by atoms with Crippen molar-refractivity contribution in [2.75, 3.05) is 20.7 Å². The van der Waals surface area contributed by atoms with E-state index in [-0.39, 0.29) is 12.1 Å². The number of hydrogen-bond acceptors (Lipinski definition) is 3. The third-order valence-corrected chi connectivity index (χ3v) is 2.20. The van der Waals surface area contributed by atoms with Gasteiger partial charge in [-0.15, -0.1) is 0 Å². The van der Waals surface area contributed by atoms with E-state index in [1.807, 2.05) is 14.0 Å². The van der Waals surface area contributed by atoms with E-state index in [4.69, 9.17) is 4.74 Å². The predicted molar refractivity (Wildman–Crippen MR) is 53.6 cm³/mol. The molecular weight excluding hydrogens is 166 g/mol. The lowest BCUT2D eigenvalue weighted by Gasteiger charge is -2.28. The number of aldehydes is 1. The molecule has 0 aliphatic heterocycles. The number of carbonyl (C=O) groups is 1. The Morgan fingerprint density at radius 2 is 2.15 bits per heavy atom. The number of carbonyl (C=O) groups excluding carboxylic acids is 1. The Labute approximate surface area is 81.1 Å². The molecule has 2 unspecified atom stereocenters. The highest BCUT2D eigenvalue weighted by molar-refractivity contribution is 5.53. The summed E-state index contributed by atoms with van der Waals surface area (Å²) < 4.78 is 5.26. The minimum Gasteiger partial charge on any atom is -0.366 e. The Hall–Kier alpha value is -0.410. The molecule has 0 rings (SSSR count). The third kappa shape index (κ3) is 4.39. The van der Waals surface area contributed by atoms with Crippen molar-refractivity contribution in [1.29, 1.82) is 0 Å². The molecule has 0 radical (unpaired) electrons. The van der Waals surface area contributed by atoms with Crippen molar-refractivity contribution in [1.82, 2.24) is 4.90 Å². The van der Waals surface area contributed by atoms with E-state index in [2.05, 4.69) is 11.8 Å². The zero-order valence-electron chi connectivity index (χ0n) is 9.12. The lowest BCUT2D eigenvalue weighted by atomic mass is 10.1. The summed E-state index contributed by atoms with van der Waals surface area (Å²) in [5.74, 6) is -0.0631. The van der Waals surface area contributed by atoms with Crippen LogP contribution in [0.2, 0.25) is 0 Å². The molecule has 0 N–H and O–H groups in total. The Morgan fingerprint density at radius 1 is 1.54 bits per heavy atom. The number of hydrogen-bond donors (Lipinski definition) is 0. The predicted octanol–water partition coefficient (Wildman–Crippen LogP) is 1.53. The maximum absolute atomic E-state index is 10.6. The summed E-state index contributed by atoms with van der Waals surface area (Å²) in [6.07, 6.45) is 3.17. The molecule has 0 bridgehead atoms. The molecule has 3 nitrogen and oxygen atoms in total. The van der Waals surface area contributed by atoms with Gasteiger partial charge < -0.3 is 9.53 Å². The highest BCUT2D eigenvalue weighted by Gasteiger charge is 2.19. The Kier molecular flexibility index (Phi) is 6.82. The number of rotatable bonds is 7. The first-order chi connectivity index (χ1) is 6.17.